The van der Waals surface area contributed by atoms with Crippen LogP contribution in [0.1, 0.15) is 24.1 Å². The number of halogens is 1. The highest BCUT2D eigenvalue weighted by atomic mass is 19.1. The van der Waals surface area contributed by atoms with Crippen molar-refractivity contribution in [2.24, 2.45) is 0 Å². The van der Waals surface area contributed by atoms with Gasteiger partial charge in [0.25, 0.3) is 0 Å². The van der Waals surface area contributed by atoms with Gasteiger partial charge >= 0.3 is 0 Å². The van der Waals surface area contributed by atoms with E-state index in [9.17, 15) is 9.18 Å². The lowest BCUT2D eigenvalue weighted by Crippen LogP contribution is -2.28. The smallest absolute Gasteiger partial charge is 0.224 e. The van der Waals surface area contributed by atoms with Crippen molar-refractivity contribution in [3.05, 3.63) is 59.4 Å². The summed E-state index contributed by atoms with van der Waals surface area (Å²) in [6.45, 7) is 1.88. The number of rotatable bonds is 6. The molecule has 0 aliphatic carbocycles. The molecule has 0 heterocycles. The molecule has 23 heavy (non-hydrogen) atoms. The van der Waals surface area contributed by atoms with Gasteiger partial charge < -0.3 is 14.8 Å². The van der Waals surface area contributed by atoms with Gasteiger partial charge in [0.15, 0.2) is 0 Å². The third kappa shape index (κ3) is 4.45. The quantitative estimate of drug-likeness (QED) is 0.889. The monoisotopic (exact) mass is 317 g/mol. The highest BCUT2D eigenvalue weighted by Crippen LogP contribution is 2.29. The van der Waals surface area contributed by atoms with Crippen molar-refractivity contribution in [3.63, 3.8) is 0 Å². The maximum Gasteiger partial charge on any atom is 0.224 e. The highest BCUT2D eigenvalue weighted by molar-refractivity contribution is 5.79. The lowest BCUT2D eigenvalue weighted by Gasteiger charge is -2.18. The lowest BCUT2D eigenvalue weighted by molar-refractivity contribution is -0.121. The van der Waals surface area contributed by atoms with Crippen LogP contribution in [0.5, 0.6) is 11.5 Å². The van der Waals surface area contributed by atoms with E-state index in [4.69, 9.17) is 9.47 Å². The molecule has 0 aliphatic rings. The number of amides is 1. The first-order valence-electron chi connectivity index (χ1n) is 7.29. The van der Waals surface area contributed by atoms with Crippen molar-refractivity contribution in [3.8, 4) is 11.5 Å². The molecule has 2 rings (SSSR count). The fourth-order valence-electron chi connectivity index (χ4n) is 2.33. The topological polar surface area (TPSA) is 47.6 Å². The van der Waals surface area contributed by atoms with Gasteiger partial charge in [-0.3, -0.25) is 4.79 Å². The summed E-state index contributed by atoms with van der Waals surface area (Å²) in [5, 5.41) is 2.92. The van der Waals surface area contributed by atoms with Crippen LogP contribution in [0.15, 0.2) is 42.5 Å². The van der Waals surface area contributed by atoms with E-state index in [2.05, 4.69) is 5.32 Å². The van der Waals surface area contributed by atoms with Crippen LogP contribution in [0.3, 0.4) is 0 Å². The second-order valence-corrected chi connectivity index (χ2v) is 5.20. The van der Waals surface area contributed by atoms with Crippen molar-refractivity contribution in [2.75, 3.05) is 14.2 Å². The molecule has 4 nitrogen and oxygen atoms in total. The van der Waals surface area contributed by atoms with Crippen LogP contribution >= 0.6 is 0 Å². The molecule has 0 fully saturated rings. The fourth-order valence-corrected chi connectivity index (χ4v) is 2.33. The Morgan fingerprint density at radius 3 is 2.43 bits per heavy atom. The molecule has 0 aromatic heterocycles. The van der Waals surface area contributed by atoms with E-state index < -0.39 is 0 Å². The molecule has 1 unspecified atom stereocenters. The molecular weight excluding hydrogens is 297 g/mol. The van der Waals surface area contributed by atoms with E-state index in [0.29, 0.717) is 11.5 Å². The van der Waals surface area contributed by atoms with Crippen molar-refractivity contribution in [1.82, 2.24) is 5.32 Å². The van der Waals surface area contributed by atoms with Crippen LogP contribution < -0.4 is 14.8 Å². The summed E-state index contributed by atoms with van der Waals surface area (Å²) < 4.78 is 23.4. The summed E-state index contributed by atoms with van der Waals surface area (Å²) in [4.78, 5) is 12.1. The standard InChI is InChI=1S/C18H20FNO3/c1-12(16-9-8-15(22-2)11-17(16)23-3)20-18(21)10-13-4-6-14(19)7-5-13/h4-9,11-12H,10H2,1-3H3,(H,20,21). The van der Waals surface area contributed by atoms with Crippen LogP contribution in [0.25, 0.3) is 0 Å². The van der Waals surface area contributed by atoms with Crippen LogP contribution in [0.2, 0.25) is 0 Å². The van der Waals surface area contributed by atoms with Gasteiger partial charge in [0.05, 0.1) is 26.7 Å². The van der Waals surface area contributed by atoms with Gasteiger partial charge in [-0.1, -0.05) is 12.1 Å². The fraction of sp³-hybridized carbons (Fsp3) is 0.278. The molecule has 0 radical (unpaired) electrons. The Kier molecular flexibility index (Phi) is 5.57. The normalized spacial score (nSPS) is 11.7. The van der Waals surface area contributed by atoms with Gasteiger partial charge in [-0.05, 0) is 36.8 Å². The van der Waals surface area contributed by atoms with E-state index >= 15 is 0 Å². The van der Waals surface area contributed by atoms with Gasteiger partial charge in [0.1, 0.15) is 17.3 Å². The van der Waals surface area contributed by atoms with E-state index in [1.165, 1.54) is 12.1 Å². The summed E-state index contributed by atoms with van der Waals surface area (Å²) in [5.41, 5.74) is 1.62. The SMILES string of the molecule is COc1ccc(C(C)NC(=O)Cc2ccc(F)cc2)c(OC)c1. The van der Waals surface area contributed by atoms with Gasteiger partial charge in [0.2, 0.25) is 5.91 Å². The number of methoxy groups -OCH3 is 2. The predicted octanol–water partition coefficient (Wildman–Crippen LogP) is 3.26. The first-order valence-corrected chi connectivity index (χ1v) is 7.29. The highest BCUT2D eigenvalue weighted by Gasteiger charge is 2.15. The maximum absolute atomic E-state index is 12.9. The second kappa shape index (κ2) is 7.63. The molecule has 2 aromatic carbocycles. The van der Waals surface area contributed by atoms with Crippen molar-refractivity contribution >= 4 is 5.91 Å². The minimum Gasteiger partial charge on any atom is -0.497 e. The second-order valence-electron chi connectivity index (χ2n) is 5.20. The average molecular weight is 317 g/mol. The van der Waals surface area contributed by atoms with Gasteiger partial charge in [-0.15, -0.1) is 0 Å². The van der Waals surface area contributed by atoms with E-state index in [-0.39, 0.29) is 24.2 Å². The van der Waals surface area contributed by atoms with E-state index in [1.54, 1.807) is 32.4 Å². The molecule has 5 heteroatoms. The number of carbonyl (C=O) groups is 1. The Labute approximate surface area is 135 Å². The Morgan fingerprint density at radius 2 is 1.83 bits per heavy atom. The summed E-state index contributed by atoms with van der Waals surface area (Å²) in [5.74, 6) is 0.891. The first kappa shape index (κ1) is 16.8. The average Bonchev–Trinajstić information content (AvgIpc) is 2.56. The van der Waals surface area contributed by atoms with Crippen LogP contribution in [-0.4, -0.2) is 20.1 Å². The molecule has 1 atom stereocenters. The Morgan fingerprint density at radius 1 is 1.13 bits per heavy atom. The molecule has 1 amide bonds. The molecule has 1 N–H and O–H groups in total. The molecule has 0 bridgehead atoms. The number of carbonyl (C=O) groups excluding carboxylic acids is 1. The lowest BCUT2D eigenvalue weighted by atomic mass is 10.1. The van der Waals surface area contributed by atoms with Gasteiger partial charge in [-0.25, -0.2) is 4.39 Å². The molecule has 0 saturated heterocycles. The Bertz CT molecular complexity index is 670. The third-order valence-corrected chi connectivity index (χ3v) is 3.56. The Hall–Kier alpha value is -2.56. The van der Waals surface area contributed by atoms with Crippen LogP contribution in [-0.2, 0) is 11.2 Å². The third-order valence-electron chi connectivity index (χ3n) is 3.56. The zero-order valence-electron chi connectivity index (χ0n) is 13.4. The molecule has 0 saturated carbocycles. The summed E-state index contributed by atoms with van der Waals surface area (Å²) in [6.07, 6.45) is 0.198. The predicted molar refractivity (Wildman–Crippen MR) is 86.2 cm³/mol. The van der Waals surface area contributed by atoms with Gasteiger partial charge in [0, 0.05) is 11.6 Å². The molecule has 0 aliphatic heterocycles. The molecular formula is C18H20FNO3. The summed E-state index contributed by atoms with van der Waals surface area (Å²) >= 11 is 0. The number of ether oxygens (including phenoxy) is 2. The van der Waals surface area contributed by atoms with Crippen molar-refractivity contribution < 1.29 is 18.7 Å². The van der Waals surface area contributed by atoms with E-state index in [1.807, 2.05) is 19.1 Å². The van der Waals surface area contributed by atoms with Gasteiger partial charge in [-0.2, -0.15) is 0 Å². The number of hydrogen-bond acceptors (Lipinski definition) is 3. The minimum atomic E-state index is -0.314. The zero-order valence-corrected chi connectivity index (χ0v) is 13.4. The maximum atomic E-state index is 12.9. The first-order chi connectivity index (χ1) is 11.0. The molecule has 0 spiro atoms. The number of benzene rings is 2. The molecule has 2 aromatic rings. The zero-order chi connectivity index (χ0) is 16.8. The Balaban J connectivity index is 2.04. The molecule has 122 valence electrons. The summed E-state index contributed by atoms with van der Waals surface area (Å²) in [7, 11) is 3.16. The minimum absolute atomic E-state index is 0.137. The van der Waals surface area contributed by atoms with Crippen molar-refractivity contribution in [2.45, 2.75) is 19.4 Å². The van der Waals surface area contributed by atoms with E-state index in [0.717, 1.165) is 11.1 Å². The number of nitrogens with one attached hydrogen (secondary N) is 1. The van der Waals surface area contributed by atoms with Crippen molar-refractivity contribution in [1.29, 1.82) is 0 Å². The largest absolute Gasteiger partial charge is 0.497 e. The summed E-state index contributed by atoms with van der Waals surface area (Å²) in [6, 6.07) is 11.1. The number of hydrogen-bond donors (Lipinski definition) is 1. The van der Waals surface area contributed by atoms with Crippen LogP contribution in [0, 0.1) is 5.82 Å². The van der Waals surface area contributed by atoms with Crippen LogP contribution in [0.4, 0.5) is 4.39 Å².